The lowest BCUT2D eigenvalue weighted by Gasteiger charge is -1.95. The van der Waals surface area contributed by atoms with Gasteiger partial charge in [-0.15, -0.1) is 0 Å². The molecule has 19 heavy (non-hydrogen) atoms. The molecule has 0 unspecified atom stereocenters. The zero-order valence-electron chi connectivity index (χ0n) is 10.0. The fourth-order valence-electron chi connectivity index (χ4n) is 1.38. The first-order valence-corrected chi connectivity index (χ1v) is 6.44. The fourth-order valence-corrected chi connectivity index (χ4v) is 1.97. The minimum absolute atomic E-state index is 0.0456. The Hall–Kier alpha value is -2.28. The molecule has 2 rings (SSSR count). The average Bonchev–Trinajstić information content (AvgIpc) is 2.85. The molecule has 0 bridgehead atoms. The molecule has 6 nitrogen and oxygen atoms in total. The van der Waals surface area contributed by atoms with E-state index in [2.05, 4.69) is 9.98 Å². The number of hydrogen-bond donors (Lipinski definition) is 3. The third kappa shape index (κ3) is 3.85. The molecule has 1 aromatic heterocycles. The highest BCUT2D eigenvalue weighted by molar-refractivity contribution is 8.13. The topological polar surface area (TPSA) is 114 Å². The molecule has 0 spiro atoms. The standard InChI is InChI=1S/C12H13N5OS/c13-11(14)17-12(15)19-7-9-6-18-10(16-9)8-4-2-1-3-5-8/h1-6H,7H2,(H5,13,14,15,17). The zero-order valence-corrected chi connectivity index (χ0v) is 10.9. The molecule has 0 aliphatic heterocycles. The van der Waals surface area contributed by atoms with Crippen LogP contribution in [-0.4, -0.2) is 16.1 Å². The second-order valence-corrected chi connectivity index (χ2v) is 4.60. The Morgan fingerprint density at radius 2 is 2.05 bits per heavy atom. The Morgan fingerprint density at radius 1 is 1.32 bits per heavy atom. The summed E-state index contributed by atoms with van der Waals surface area (Å²) in [5.74, 6) is 0.915. The minimum atomic E-state index is -0.123. The second kappa shape index (κ2) is 6.05. The molecule has 2 aromatic rings. The molecule has 98 valence electrons. The van der Waals surface area contributed by atoms with Crippen molar-refractivity contribution in [3.63, 3.8) is 0 Å². The highest BCUT2D eigenvalue weighted by atomic mass is 32.2. The summed E-state index contributed by atoms with van der Waals surface area (Å²) in [6.45, 7) is 0. The molecule has 1 heterocycles. The number of amidine groups is 1. The number of rotatable bonds is 3. The summed E-state index contributed by atoms with van der Waals surface area (Å²) in [7, 11) is 0. The summed E-state index contributed by atoms with van der Waals surface area (Å²) in [6, 6.07) is 9.61. The van der Waals surface area contributed by atoms with E-state index >= 15 is 0 Å². The number of nitrogens with zero attached hydrogens (tertiary/aromatic N) is 2. The van der Waals surface area contributed by atoms with Crippen LogP contribution in [0.2, 0.25) is 0 Å². The van der Waals surface area contributed by atoms with E-state index in [9.17, 15) is 0 Å². The van der Waals surface area contributed by atoms with Crippen molar-refractivity contribution in [3.8, 4) is 11.5 Å². The number of oxazole rings is 1. The molecule has 0 amide bonds. The SMILES string of the molecule is N=C(N=C(N)N)SCc1coc(-c2ccccc2)n1. The zero-order chi connectivity index (χ0) is 13.7. The van der Waals surface area contributed by atoms with Gasteiger partial charge in [0.2, 0.25) is 5.89 Å². The molecule has 0 saturated heterocycles. The van der Waals surface area contributed by atoms with Crippen LogP contribution in [0.1, 0.15) is 5.69 Å². The van der Waals surface area contributed by atoms with Gasteiger partial charge in [-0.2, -0.15) is 4.99 Å². The summed E-state index contributed by atoms with van der Waals surface area (Å²) in [4.78, 5) is 7.95. The predicted molar refractivity (Wildman–Crippen MR) is 76.8 cm³/mol. The number of nitrogens with one attached hydrogen (secondary N) is 1. The third-order valence-electron chi connectivity index (χ3n) is 2.16. The number of aromatic nitrogens is 1. The maximum atomic E-state index is 7.50. The van der Waals surface area contributed by atoms with Crippen molar-refractivity contribution in [1.82, 2.24) is 4.98 Å². The maximum absolute atomic E-state index is 7.50. The van der Waals surface area contributed by atoms with Gasteiger partial charge in [0.15, 0.2) is 11.1 Å². The van der Waals surface area contributed by atoms with Crippen LogP contribution in [0.3, 0.4) is 0 Å². The summed E-state index contributed by atoms with van der Waals surface area (Å²) in [5, 5.41) is 7.54. The molecule has 0 aliphatic carbocycles. The monoisotopic (exact) mass is 275 g/mol. The van der Waals surface area contributed by atoms with Gasteiger partial charge >= 0.3 is 0 Å². The first-order valence-electron chi connectivity index (χ1n) is 5.46. The van der Waals surface area contributed by atoms with E-state index in [4.69, 9.17) is 21.3 Å². The van der Waals surface area contributed by atoms with Gasteiger partial charge in [-0.3, -0.25) is 5.41 Å². The third-order valence-corrected chi connectivity index (χ3v) is 2.96. The van der Waals surface area contributed by atoms with Crippen molar-refractivity contribution in [2.24, 2.45) is 16.5 Å². The number of thioether (sulfide) groups is 1. The molecule has 0 aliphatic rings. The van der Waals surface area contributed by atoms with Gasteiger partial charge in [-0.05, 0) is 12.1 Å². The van der Waals surface area contributed by atoms with Crippen LogP contribution in [0.15, 0.2) is 46.0 Å². The number of benzene rings is 1. The van der Waals surface area contributed by atoms with Crippen LogP contribution in [-0.2, 0) is 5.75 Å². The number of aliphatic imine (C=N–C) groups is 1. The van der Waals surface area contributed by atoms with Crippen LogP contribution in [0, 0.1) is 5.41 Å². The Balaban J connectivity index is 1.99. The highest BCUT2D eigenvalue weighted by Gasteiger charge is 2.07. The molecule has 0 radical (unpaired) electrons. The first-order chi connectivity index (χ1) is 9.15. The highest BCUT2D eigenvalue weighted by Crippen LogP contribution is 2.20. The van der Waals surface area contributed by atoms with Gasteiger partial charge in [0.1, 0.15) is 6.26 Å². The molecular weight excluding hydrogens is 262 g/mol. The van der Waals surface area contributed by atoms with Gasteiger partial charge in [0, 0.05) is 11.3 Å². The van der Waals surface area contributed by atoms with Crippen LogP contribution < -0.4 is 11.5 Å². The molecular formula is C12H13N5OS. The van der Waals surface area contributed by atoms with Gasteiger partial charge < -0.3 is 15.9 Å². The smallest absolute Gasteiger partial charge is 0.226 e. The predicted octanol–water partition coefficient (Wildman–Crippen LogP) is 1.78. The lowest BCUT2D eigenvalue weighted by Crippen LogP contribution is -2.23. The van der Waals surface area contributed by atoms with Crippen molar-refractivity contribution >= 4 is 22.9 Å². The lowest BCUT2D eigenvalue weighted by atomic mass is 10.2. The second-order valence-electron chi connectivity index (χ2n) is 3.64. The lowest BCUT2D eigenvalue weighted by molar-refractivity contribution is 0.573. The van der Waals surface area contributed by atoms with E-state index in [1.807, 2.05) is 30.3 Å². The summed E-state index contributed by atoms with van der Waals surface area (Å²) < 4.78 is 5.38. The largest absolute Gasteiger partial charge is 0.444 e. The van der Waals surface area contributed by atoms with E-state index < -0.39 is 0 Å². The van der Waals surface area contributed by atoms with Crippen LogP contribution in [0.4, 0.5) is 0 Å². The summed E-state index contributed by atoms with van der Waals surface area (Å²) >= 11 is 1.18. The Kier molecular flexibility index (Phi) is 4.19. The normalized spacial score (nSPS) is 10.1. The van der Waals surface area contributed by atoms with Gasteiger partial charge in [0.05, 0.1) is 5.69 Å². The van der Waals surface area contributed by atoms with Crippen molar-refractivity contribution in [3.05, 3.63) is 42.3 Å². The summed E-state index contributed by atoms with van der Waals surface area (Å²) in [5.41, 5.74) is 12.0. The van der Waals surface area contributed by atoms with Gasteiger partial charge in [-0.1, -0.05) is 30.0 Å². The Labute approximate surface area is 114 Å². The van der Waals surface area contributed by atoms with Crippen LogP contribution in [0.25, 0.3) is 11.5 Å². The number of hydrogen-bond acceptors (Lipinski definition) is 4. The molecule has 0 atom stereocenters. The van der Waals surface area contributed by atoms with E-state index in [0.29, 0.717) is 11.6 Å². The molecule has 0 fully saturated rings. The van der Waals surface area contributed by atoms with Crippen LogP contribution in [0.5, 0.6) is 0 Å². The van der Waals surface area contributed by atoms with E-state index in [0.717, 1.165) is 11.3 Å². The molecule has 0 saturated carbocycles. The average molecular weight is 275 g/mol. The first kappa shape index (κ1) is 13.2. The number of guanidine groups is 1. The fraction of sp³-hybridized carbons (Fsp3) is 0.0833. The van der Waals surface area contributed by atoms with E-state index in [1.165, 1.54) is 11.8 Å². The van der Waals surface area contributed by atoms with E-state index in [-0.39, 0.29) is 11.1 Å². The van der Waals surface area contributed by atoms with Crippen molar-refractivity contribution in [2.45, 2.75) is 5.75 Å². The van der Waals surface area contributed by atoms with Crippen molar-refractivity contribution in [1.29, 1.82) is 5.41 Å². The van der Waals surface area contributed by atoms with Gasteiger partial charge in [-0.25, -0.2) is 4.98 Å². The van der Waals surface area contributed by atoms with Crippen molar-refractivity contribution < 1.29 is 4.42 Å². The molecule has 1 aromatic carbocycles. The Morgan fingerprint density at radius 3 is 2.74 bits per heavy atom. The van der Waals surface area contributed by atoms with E-state index in [1.54, 1.807) is 6.26 Å². The summed E-state index contributed by atoms with van der Waals surface area (Å²) in [6.07, 6.45) is 1.57. The van der Waals surface area contributed by atoms with Crippen molar-refractivity contribution in [2.75, 3.05) is 0 Å². The quantitative estimate of drug-likeness (QED) is 0.583. The number of nitrogens with two attached hydrogens (primary N) is 2. The Bertz CT molecular complexity index is 589. The minimum Gasteiger partial charge on any atom is -0.444 e. The van der Waals surface area contributed by atoms with Crippen LogP contribution >= 0.6 is 11.8 Å². The molecule has 7 heteroatoms. The van der Waals surface area contributed by atoms with Gasteiger partial charge in [0.25, 0.3) is 0 Å². The molecule has 5 N–H and O–H groups in total. The maximum Gasteiger partial charge on any atom is 0.226 e.